The number of unbranched alkanes of at least 4 members (excludes halogenated alkanes) is 2. The van der Waals surface area contributed by atoms with Crippen LogP contribution in [0.5, 0.6) is 0 Å². The second-order valence-corrected chi connectivity index (χ2v) is 6.51. The van der Waals surface area contributed by atoms with E-state index in [4.69, 9.17) is 23.7 Å². The summed E-state index contributed by atoms with van der Waals surface area (Å²) in [4.78, 5) is 12.7. The average molecular weight is 387 g/mol. The van der Waals surface area contributed by atoms with E-state index in [-0.39, 0.29) is 31.8 Å². The zero-order chi connectivity index (χ0) is 20.5. The van der Waals surface area contributed by atoms with Gasteiger partial charge >= 0.3 is 5.97 Å². The van der Waals surface area contributed by atoms with Gasteiger partial charge in [-0.25, -0.2) is 0 Å². The monoisotopic (exact) mass is 386 g/mol. The number of hydrogen-bond donors (Lipinski definition) is 0. The average Bonchev–Trinajstić information content (AvgIpc) is 2.68. The lowest BCUT2D eigenvalue weighted by Crippen LogP contribution is -2.38. The molecule has 0 unspecified atom stereocenters. The van der Waals surface area contributed by atoms with E-state index in [1.165, 1.54) is 7.11 Å². The van der Waals surface area contributed by atoms with Gasteiger partial charge in [0.05, 0.1) is 18.1 Å². The molecule has 4 atom stereocenters. The van der Waals surface area contributed by atoms with E-state index < -0.39 is 12.0 Å². The Bertz CT molecular complexity index is 398. The standard InChI is InChI=1S/C21H38O6/c1-7-10-12-14-20(19(13-11-8-2)26-16-24-6)27-21(22)17(4)18(9-3)25-15-23-5/h8-9,17-20H,2-3,7,10-16H2,1,4-6H3/t17-,18-,19+,20+/m0/s1. The van der Waals surface area contributed by atoms with Gasteiger partial charge in [0.1, 0.15) is 19.7 Å². The molecule has 0 saturated heterocycles. The zero-order valence-electron chi connectivity index (χ0n) is 17.5. The van der Waals surface area contributed by atoms with E-state index in [1.807, 2.05) is 6.08 Å². The summed E-state index contributed by atoms with van der Waals surface area (Å²) in [5.41, 5.74) is 0. The fourth-order valence-corrected chi connectivity index (χ4v) is 2.68. The predicted molar refractivity (Wildman–Crippen MR) is 106 cm³/mol. The molecule has 6 heteroatoms. The predicted octanol–water partition coefficient (Wildman–Crippen LogP) is 4.25. The van der Waals surface area contributed by atoms with E-state index in [2.05, 4.69) is 20.1 Å². The third-order valence-electron chi connectivity index (χ3n) is 4.30. The van der Waals surface area contributed by atoms with Crippen molar-refractivity contribution in [1.82, 2.24) is 0 Å². The molecule has 0 rings (SSSR count). The van der Waals surface area contributed by atoms with Crippen molar-refractivity contribution in [2.45, 2.75) is 70.7 Å². The molecule has 0 heterocycles. The summed E-state index contributed by atoms with van der Waals surface area (Å²) in [6, 6.07) is 0. The van der Waals surface area contributed by atoms with Gasteiger partial charge in [0, 0.05) is 14.2 Å². The molecule has 0 aliphatic carbocycles. The smallest absolute Gasteiger partial charge is 0.312 e. The van der Waals surface area contributed by atoms with Crippen LogP contribution in [0.25, 0.3) is 0 Å². The first-order valence-electron chi connectivity index (χ1n) is 9.70. The van der Waals surface area contributed by atoms with Crippen molar-refractivity contribution in [3.63, 3.8) is 0 Å². The van der Waals surface area contributed by atoms with Crippen LogP contribution in [-0.4, -0.2) is 52.1 Å². The Labute approximate surface area is 164 Å². The van der Waals surface area contributed by atoms with Gasteiger partial charge in [-0.05, 0) is 32.6 Å². The van der Waals surface area contributed by atoms with Crippen molar-refractivity contribution in [3.05, 3.63) is 25.3 Å². The number of rotatable bonds is 18. The van der Waals surface area contributed by atoms with Crippen molar-refractivity contribution >= 4 is 5.97 Å². The Morgan fingerprint density at radius 3 is 2.22 bits per heavy atom. The zero-order valence-corrected chi connectivity index (χ0v) is 17.5. The van der Waals surface area contributed by atoms with Gasteiger partial charge in [0.2, 0.25) is 0 Å². The summed E-state index contributed by atoms with van der Waals surface area (Å²) < 4.78 is 27.1. The van der Waals surface area contributed by atoms with Crippen LogP contribution in [0.4, 0.5) is 0 Å². The van der Waals surface area contributed by atoms with Crippen LogP contribution in [0.15, 0.2) is 25.3 Å². The lowest BCUT2D eigenvalue weighted by atomic mass is 10.0. The third-order valence-corrected chi connectivity index (χ3v) is 4.30. The summed E-state index contributed by atoms with van der Waals surface area (Å²) in [6.07, 6.45) is 7.76. The lowest BCUT2D eigenvalue weighted by molar-refractivity contribution is -0.176. The largest absolute Gasteiger partial charge is 0.459 e. The van der Waals surface area contributed by atoms with Gasteiger partial charge < -0.3 is 23.7 Å². The number of esters is 1. The summed E-state index contributed by atoms with van der Waals surface area (Å²) in [5, 5.41) is 0. The van der Waals surface area contributed by atoms with Crippen molar-refractivity contribution < 1.29 is 28.5 Å². The summed E-state index contributed by atoms with van der Waals surface area (Å²) in [5.74, 6) is -0.823. The molecule has 0 aliphatic heterocycles. The van der Waals surface area contributed by atoms with Crippen LogP contribution >= 0.6 is 0 Å². The fourth-order valence-electron chi connectivity index (χ4n) is 2.68. The van der Waals surface area contributed by atoms with E-state index >= 15 is 0 Å². The minimum atomic E-state index is -0.492. The van der Waals surface area contributed by atoms with Crippen LogP contribution in [0, 0.1) is 5.92 Å². The van der Waals surface area contributed by atoms with E-state index in [1.54, 1.807) is 20.1 Å². The number of carbonyl (C=O) groups is 1. The molecule has 0 aromatic carbocycles. The molecule has 0 radical (unpaired) electrons. The van der Waals surface area contributed by atoms with Gasteiger partial charge in [-0.3, -0.25) is 4.79 Å². The Kier molecular flexibility index (Phi) is 16.2. The molecule has 0 bridgehead atoms. The highest BCUT2D eigenvalue weighted by Gasteiger charge is 2.30. The lowest BCUT2D eigenvalue weighted by Gasteiger charge is -2.29. The second-order valence-electron chi connectivity index (χ2n) is 6.51. The maximum Gasteiger partial charge on any atom is 0.312 e. The molecular weight excluding hydrogens is 348 g/mol. The summed E-state index contributed by atoms with van der Waals surface area (Å²) in [7, 11) is 3.11. The topological polar surface area (TPSA) is 63.2 Å². The molecular formula is C21H38O6. The van der Waals surface area contributed by atoms with Gasteiger partial charge in [-0.1, -0.05) is 31.9 Å². The summed E-state index contributed by atoms with van der Waals surface area (Å²) in [6.45, 7) is 11.7. The first-order chi connectivity index (χ1) is 13.0. The SMILES string of the molecule is C=CCC[C@@H](OCOC)[C@@H](CCCCC)OC(=O)[C@@H](C)[C@H](C=C)OCOC. The molecule has 27 heavy (non-hydrogen) atoms. The molecule has 0 aliphatic rings. The first-order valence-corrected chi connectivity index (χ1v) is 9.70. The third kappa shape index (κ3) is 11.3. The molecule has 0 amide bonds. The molecule has 0 aromatic rings. The van der Waals surface area contributed by atoms with Crippen LogP contribution in [0.2, 0.25) is 0 Å². The first kappa shape index (κ1) is 25.8. The number of methoxy groups -OCH3 is 2. The number of allylic oxidation sites excluding steroid dienone is 1. The van der Waals surface area contributed by atoms with Crippen molar-refractivity contribution in [1.29, 1.82) is 0 Å². The van der Waals surface area contributed by atoms with E-state index in [0.717, 1.165) is 38.5 Å². The molecule has 158 valence electrons. The van der Waals surface area contributed by atoms with Crippen LogP contribution in [-0.2, 0) is 28.5 Å². The maximum atomic E-state index is 12.7. The van der Waals surface area contributed by atoms with Crippen molar-refractivity contribution in [2.75, 3.05) is 27.8 Å². The molecule has 0 N–H and O–H groups in total. The van der Waals surface area contributed by atoms with Crippen LogP contribution in [0.3, 0.4) is 0 Å². The molecule has 6 nitrogen and oxygen atoms in total. The molecule has 0 fully saturated rings. The van der Waals surface area contributed by atoms with Crippen LogP contribution in [0.1, 0.15) is 52.4 Å². The second kappa shape index (κ2) is 16.9. The highest BCUT2D eigenvalue weighted by molar-refractivity contribution is 5.73. The highest BCUT2D eigenvalue weighted by atomic mass is 16.7. The minimum Gasteiger partial charge on any atom is -0.459 e. The van der Waals surface area contributed by atoms with Crippen LogP contribution < -0.4 is 0 Å². The van der Waals surface area contributed by atoms with Gasteiger partial charge in [0.15, 0.2) is 0 Å². The molecule has 0 spiro atoms. The molecule has 0 saturated carbocycles. The van der Waals surface area contributed by atoms with Gasteiger partial charge in [-0.15, -0.1) is 13.2 Å². The Morgan fingerprint density at radius 1 is 1.00 bits per heavy atom. The Hall–Kier alpha value is -1.21. The number of hydrogen-bond acceptors (Lipinski definition) is 6. The number of ether oxygens (including phenoxy) is 5. The summed E-state index contributed by atoms with van der Waals surface area (Å²) >= 11 is 0. The van der Waals surface area contributed by atoms with E-state index in [0.29, 0.717) is 0 Å². The Morgan fingerprint density at radius 2 is 1.67 bits per heavy atom. The highest BCUT2D eigenvalue weighted by Crippen LogP contribution is 2.21. The van der Waals surface area contributed by atoms with Crippen molar-refractivity contribution in [3.8, 4) is 0 Å². The quantitative estimate of drug-likeness (QED) is 0.152. The van der Waals surface area contributed by atoms with Gasteiger partial charge in [0.25, 0.3) is 0 Å². The minimum absolute atomic E-state index is 0.0904. The van der Waals surface area contributed by atoms with Gasteiger partial charge in [-0.2, -0.15) is 0 Å². The maximum absolute atomic E-state index is 12.7. The Balaban J connectivity index is 5.07. The molecule has 0 aromatic heterocycles. The van der Waals surface area contributed by atoms with Crippen molar-refractivity contribution in [2.24, 2.45) is 5.92 Å². The fraction of sp³-hybridized carbons (Fsp3) is 0.762. The number of carbonyl (C=O) groups excluding carboxylic acids is 1. The normalized spacial score (nSPS) is 15.6. The van der Waals surface area contributed by atoms with E-state index in [9.17, 15) is 4.79 Å².